The lowest BCUT2D eigenvalue weighted by Gasteiger charge is -2.12. The Hall–Kier alpha value is -0.810. The smallest absolute Gasteiger partial charge is 0.265 e. The maximum Gasteiger partial charge on any atom is 0.265 e. The van der Waals surface area contributed by atoms with E-state index in [1.165, 1.54) is 6.20 Å². The van der Waals surface area contributed by atoms with Crippen LogP contribution in [0.25, 0.3) is 0 Å². The molecule has 0 saturated carbocycles. The Morgan fingerprint density at radius 2 is 2.27 bits per heavy atom. The third kappa shape index (κ3) is 2.60. The van der Waals surface area contributed by atoms with E-state index in [4.69, 9.17) is 11.0 Å². The summed E-state index contributed by atoms with van der Waals surface area (Å²) in [6.45, 7) is 0.0267. The highest BCUT2D eigenvalue weighted by atomic mass is 127. The topological polar surface area (TPSA) is 62.7 Å². The Bertz CT molecular complexity index is 401. The first-order valence-electron chi connectivity index (χ1n) is 4.13. The maximum absolute atomic E-state index is 12.8. The summed E-state index contributed by atoms with van der Waals surface area (Å²) in [5.74, 6) is 0. The summed E-state index contributed by atoms with van der Waals surface area (Å²) in [6.07, 6.45) is -1.31. The molecular formula is C9H8F2IN3. The van der Waals surface area contributed by atoms with Gasteiger partial charge >= 0.3 is 0 Å². The van der Waals surface area contributed by atoms with E-state index in [9.17, 15) is 8.78 Å². The molecule has 0 aromatic carbocycles. The van der Waals surface area contributed by atoms with Crippen molar-refractivity contribution in [3.8, 4) is 6.07 Å². The molecule has 0 aliphatic rings. The second-order valence-corrected chi connectivity index (χ2v) is 3.95. The molecule has 1 heterocycles. The van der Waals surface area contributed by atoms with Gasteiger partial charge in [-0.15, -0.1) is 0 Å². The first-order chi connectivity index (χ1) is 7.11. The van der Waals surface area contributed by atoms with E-state index in [0.717, 1.165) is 0 Å². The number of halogens is 3. The molecule has 0 aliphatic carbocycles. The standard InChI is InChI=1S/C9H8F2IN3/c10-9(11)8-5(3-14)6(12)4-15-7(8)1-2-13/h4,9H,1,3,14H2. The van der Waals surface area contributed by atoms with Crippen LogP contribution in [-0.2, 0) is 13.0 Å². The minimum absolute atomic E-state index is 0.0267. The van der Waals surface area contributed by atoms with Gasteiger partial charge < -0.3 is 5.73 Å². The van der Waals surface area contributed by atoms with Gasteiger partial charge in [0.25, 0.3) is 6.43 Å². The Labute approximate surface area is 99.4 Å². The lowest BCUT2D eigenvalue weighted by molar-refractivity contribution is 0.148. The number of nitrogens with two attached hydrogens (primary N) is 1. The highest BCUT2D eigenvalue weighted by Crippen LogP contribution is 2.28. The third-order valence-corrected chi connectivity index (χ3v) is 2.86. The predicted octanol–water partition coefficient (Wildman–Crippen LogP) is 2.15. The quantitative estimate of drug-likeness (QED) is 0.867. The summed E-state index contributed by atoms with van der Waals surface area (Å²) >= 11 is 1.91. The number of rotatable bonds is 3. The molecule has 0 aliphatic heterocycles. The number of alkyl halides is 2. The van der Waals surface area contributed by atoms with Crippen molar-refractivity contribution in [3.63, 3.8) is 0 Å². The zero-order valence-corrected chi connectivity index (χ0v) is 9.83. The highest BCUT2D eigenvalue weighted by molar-refractivity contribution is 14.1. The molecule has 80 valence electrons. The summed E-state index contributed by atoms with van der Waals surface area (Å²) in [7, 11) is 0. The van der Waals surface area contributed by atoms with Gasteiger partial charge in [0, 0.05) is 21.9 Å². The number of nitriles is 1. The molecule has 0 atom stereocenters. The average molecular weight is 323 g/mol. The van der Waals surface area contributed by atoms with E-state index in [2.05, 4.69) is 4.98 Å². The van der Waals surface area contributed by atoms with Crippen molar-refractivity contribution in [2.45, 2.75) is 19.4 Å². The van der Waals surface area contributed by atoms with Crippen LogP contribution in [0.15, 0.2) is 6.20 Å². The molecule has 1 aromatic heterocycles. The summed E-state index contributed by atoms with van der Waals surface area (Å²) in [6, 6.07) is 1.81. The Morgan fingerprint density at radius 1 is 1.60 bits per heavy atom. The fraction of sp³-hybridized carbons (Fsp3) is 0.333. The van der Waals surface area contributed by atoms with Crippen molar-refractivity contribution in [1.82, 2.24) is 4.98 Å². The normalized spacial score (nSPS) is 10.4. The van der Waals surface area contributed by atoms with Crippen LogP contribution >= 0.6 is 22.6 Å². The molecule has 1 aromatic rings. The maximum atomic E-state index is 12.8. The van der Waals surface area contributed by atoms with E-state index >= 15 is 0 Å². The second kappa shape index (κ2) is 5.32. The van der Waals surface area contributed by atoms with Gasteiger partial charge in [-0.1, -0.05) is 0 Å². The Balaban J connectivity index is 3.36. The minimum atomic E-state index is -2.64. The first-order valence-corrected chi connectivity index (χ1v) is 5.21. The van der Waals surface area contributed by atoms with Crippen LogP contribution in [0.3, 0.4) is 0 Å². The van der Waals surface area contributed by atoms with Gasteiger partial charge in [-0.2, -0.15) is 5.26 Å². The summed E-state index contributed by atoms with van der Waals surface area (Å²) < 4.78 is 26.1. The number of pyridine rings is 1. The Morgan fingerprint density at radius 3 is 2.73 bits per heavy atom. The van der Waals surface area contributed by atoms with Crippen LogP contribution < -0.4 is 5.73 Å². The summed E-state index contributed by atoms with van der Waals surface area (Å²) in [5.41, 5.74) is 5.72. The SMILES string of the molecule is N#CCc1ncc(I)c(CN)c1C(F)F. The highest BCUT2D eigenvalue weighted by Gasteiger charge is 2.20. The Kier molecular flexibility index (Phi) is 4.35. The molecule has 0 unspecified atom stereocenters. The van der Waals surface area contributed by atoms with Crippen molar-refractivity contribution in [1.29, 1.82) is 5.26 Å². The van der Waals surface area contributed by atoms with Crippen LogP contribution in [0.1, 0.15) is 23.2 Å². The van der Waals surface area contributed by atoms with Crippen LogP contribution in [0.4, 0.5) is 8.78 Å². The van der Waals surface area contributed by atoms with E-state index in [0.29, 0.717) is 9.13 Å². The zero-order valence-electron chi connectivity index (χ0n) is 7.67. The second-order valence-electron chi connectivity index (χ2n) is 2.78. The molecule has 6 heteroatoms. The molecule has 0 amide bonds. The minimum Gasteiger partial charge on any atom is -0.326 e. The largest absolute Gasteiger partial charge is 0.326 e. The first kappa shape index (κ1) is 12.3. The van der Waals surface area contributed by atoms with Crippen molar-refractivity contribution in [3.05, 3.63) is 26.6 Å². The number of nitrogens with zero attached hydrogens (tertiary/aromatic N) is 2. The van der Waals surface area contributed by atoms with E-state index < -0.39 is 6.43 Å². The zero-order chi connectivity index (χ0) is 11.4. The van der Waals surface area contributed by atoms with Crippen LogP contribution in [0.2, 0.25) is 0 Å². The van der Waals surface area contributed by atoms with E-state index in [1.54, 1.807) is 0 Å². The summed E-state index contributed by atoms with van der Waals surface area (Å²) in [4.78, 5) is 3.83. The fourth-order valence-corrected chi connectivity index (χ4v) is 1.92. The van der Waals surface area contributed by atoms with Crippen LogP contribution in [-0.4, -0.2) is 4.98 Å². The molecule has 0 bridgehead atoms. The van der Waals surface area contributed by atoms with E-state index in [1.807, 2.05) is 28.7 Å². The van der Waals surface area contributed by atoms with Crippen LogP contribution in [0.5, 0.6) is 0 Å². The van der Waals surface area contributed by atoms with Gasteiger partial charge in [-0.05, 0) is 28.2 Å². The molecule has 2 N–H and O–H groups in total. The fourth-order valence-electron chi connectivity index (χ4n) is 1.27. The van der Waals surface area contributed by atoms with Crippen molar-refractivity contribution < 1.29 is 8.78 Å². The molecule has 0 saturated heterocycles. The van der Waals surface area contributed by atoms with Gasteiger partial charge in [-0.25, -0.2) is 8.78 Å². The van der Waals surface area contributed by atoms with Gasteiger partial charge in [-0.3, -0.25) is 4.98 Å². The molecular weight excluding hydrogens is 315 g/mol. The molecule has 3 nitrogen and oxygen atoms in total. The van der Waals surface area contributed by atoms with Crippen LogP contribution in [0, 0.1) is 14.9 Å². The molecule has 15 heavy (non-hydrogen) atoms. The van der Waals surface area contributed by atoms with Crippen molar-refractivity contribution >= 4 is 22.6 Å². The van der Waals surface area contributed by atoms with E-state index in [-0.39, 0.29) is 24.2 Å². The predicted molar refractivity (Wildman–Crippen MR) is 59.1 cm³/mol. The number of aromatic nitrogens is 1. The number of hydrogen-bond donors (Lipinski definition) is 1. The van der Waals surface area contributed by atoms with Crippen molar-refractivity contribution in [2.24, 2.45) is 5.73 Å². The molecule has 0 spiro atoms. The summed E-state index contributed by atoms with van der Waals surface area (Å²) in [5, 5.41) is 8.49. The van der Waals surface area contributed by atoms with Gasteiger partial charge in [0.05, 0.1) is 18.2 Å². The third-order valence-electron chi connectivity index (χ3n) is 1.93. The van der Waals surface area contributed by atoms with Gasteiger partial charge in [0.2, 0.25) is 0 Å². The lowest BCUT2D eigenvalue weighted by Crippen LogP contribution is -2.09. The lowest BCUT2D eigenvalue weighted by atomic mass is 10.1. The average Bonchev–Trinajstić information content (AvgIpc) is 2.20. The number of hydrogen-bond acceptors (Lipinski definition) is 3. The molecule has 0 radical (unpaired) electrons. The van der Waals surface area contributed by atoms with Gasteiger partial charge in [0.15, 0.2) is 0 Å². The van der Waals surface area contributed by atoms with Crippen molar-refractivity contribution in [2.75, 3.05) is 0 Å². The molecule has 0 fully saturated rings. The van der Waals surface area contributed by atoms with Gasteiger partial charge in [0.1, 0.15) is 0 Å². The monoisotopic (exact) mass is 323 g/mol. The molecule has 1 rings (SSSR count).